The molecule has 0 bridgehead atoms. The number of carbonyl (C=O) groups is 3. The summed E-state index contributed by atoms with van der Waals surface area (Å²) < 4.78 is 4.69. The number of rotatable bonds is 9. The van der Waals surface area contributed by atoms with Crippen LogP contribution in [0, 0.1) is 17.3 Å². The van der Waals surface area contributed by atoms with Gasteiger partial charge in [-0.25, -0.2) is 0 Å². The van der Waals surface area contributed by atoms with Gasteiger partial charge < -0.3 is 9.53 Å². The minimum Gasteiger partial charge on any atom is -0.469 e. The fourth-order valence-corrected chi connectivity index (χ4v) is 2.60. The third-order valence-corrected chi connectivity index (χ3v) is 4.12. The molecule has 0 N–H and O–H groups in total. The van der Waals surface area contributed by atoms with Gasteiger partial charge >= 0.3 is 5.97 Å². The lowest BCUT2D eigenvalue weighted by molar-refractivity contribution is -0.141. The van der Waals surface area contributed by atoms with E-state index >= 15 is 0 Å². The number of ether oxygens (including phenoxy) is 1. The van der Waals surface area contributed by atoms with Crippen LogP contribution in [-0.2, 0) is 19.1 Å². The molecular formula is C17H30O4. The van der Waals surface area contributed by atoms with Crippen molar-refractivity contribution in [3.63, 3.8) is 0 Å². The Morgan fingerprint density at radius 1 is 1.00 bits per heavy atom. The Bertz CT molecular complexity index is 365. The quantitative estimate of drug-likeness (QED) is 0.611. The lowest BCUT2D eigenvalue weighted by atomic mass is 9.74. The summed E-state index contributed by atoms with van der Waals surface area (Å²) in [4.78, 5) is 34.2. The lowest BCUT2D eigenvalue weighted by Gasteiger charge is -2.31. The highest BCUT2D eigenvalue weighted by Crippen LogP contribution is 2.35. The molecule has 4 nitrogen and oxygen atoms in total. The summed E-state index contributed by atoms with van der Waals surface area (Å²) in [7, 11) is 1.40. The van der Waals surface area contributed by atoms with Gasteiger partial charge in [0.05, 0.1) is 7.11 Å². The zero-order valence-electron chi connectivity index (χ0n) is 14.3. The number of esters is 1. The van der Waals surface area contributed by atoms with E-state index in [4.69, 9.17) is 4.74 Å². The van der Waals surface area contributed by atoms with Gasteiger partial charge in [0.15, 0.2) is 0 Å². The highest BCUT2D eigenvalue weighted by Gasteiger charge is 2.27. The molecule has 0 aliphatic heterocycles. The standard InChI is InChI=1S/C17H30O4/c1-12(18)11-14(13(2)19)7-8-15(17(3,4)5)9-10-16(20)21-6/h14-15H,7-11H2,1-6H3. The molecule has 0 aliphatic rings. The van der Waals surface area contributed by atoms with Crippen LogP contribution in [-0.4, -0.2) is 24.6 Å². The van der Waals surface area contributed by atoms with Gasteiger partial charge in [0.2, 0.25) is 0 Å². The summed E-state index contributed by atoms with van der Waals surface area (Å²) in [6.07, 6.45) is 3.02. The van der Waals surface area contributed by atoms with Gasteiger partial charge in [0.25, 0.3) is 0 Å². The van der Waals surface area contributed by atoms with E-state index in [0.29, 0.717) is 25.2 Å². The molecule has 0 heterocycles. The summed E-state index contributed by atoms with van der Waals surface area (Å²) in [6, 6.07) is 0. The van der Waals surface area contributed by atoms with Crippen LogP contribution in [0.15, 0.2) is 0 Å². The van der Waals surface area contributed by atoms with E-state index in [2.05, 4.69) is 20.8 Å². The minimum absolute atomic E-state index is 0.0528. The second-order valence-corrected chi connectivity index (χ2v) is 6.97. The maximum atomic E-state index is 11.6. The average molecular weight is 298 g/mol. The normalized spacial score (nSPS) is 14.4. The minimum atomic E-state index is -0.198. The van der Waals surface area contributed by atoms with Gasteiger partial charge in [-0.15, -0.1) is 0 Å². The van der Waals surface area contributed by atoms with E-state index in [-0.39, 0.29) is 28.9 Å². The van der Waals surface area contributed by atoms with Crippen molar-refractivity contribution in [1.82, 2.24) is 0 Å². The van der Waals surface area contributed by atoms with Gasteiger partial charge in [-0.1, -0.05) is 20.8 Å². The van der Waals surface area contributed by atoms with Gasteiger partial charge in [-0.05, 0) is 44.4 Å². The summed E-state index contributed by atoms with van der Waals surface area (Å²) in [6.45, 7) is 9.50. The molecule has 0 aromatic rings. The van der Waals surface area contributed by atoms with Crippen molar-refractivity contribution < 1.29 is 19.1 Å². The van der Waals surface area contributed by atoms with E-state index in [9.17, 15) is 14.4 Å². The Hall–Kier alpha value is -1.19. The summed E-state index contributed by atoms with van der Waals surface area (Å²) in [5.41, 5.74) is 0.0611. The average Bonchev–Trinajstić information content (AvgIpc) is 2.34. The van der Waals surface area contributed by atoms with Crippen LogP contribution in [0.25, 0.3) is 0 Å². The molecule has 4 heteroatoms. The fourth-order valence-electron chi connectivity index (χ4n) is 2.60. The van der Waals surface area contributed by atoms with Crippen LogP contribution < -0.4 is 0 Å². The molecule has 2 unspecified atom stereocenters. The Balaban J connectivity index is 4.62. The van der Waals surface area contributed by atoms with Crippen molar-refractivity contribution in [1.29, 1.82) is 0 Å². The fraction of sp³-hybridized carbons (Fsp3) is 0.824. The molecule has 0 saturated carbocycles. The molecule has 122 valence electrons. The lowest BCUT2D eigenvalue weighted by Crippen LogP contribution is -2.24. The van der Waals surface area contributed by atoms with E-state index in [1.165, 1.54) is 14.0 Å². The molecular weight excluding hydrogens is 268 g/mol. The van der Waals surface area contributed by atoms with Gasteiger partial charge in [0, 0.05) is 18.8 Å². The molecule has 0 spiro atoms. The number of ketones is 2. The van der Waals surface area contributed by atoms with Crippen molar-refractivity contribution >= 4 is 17.5 Å². The van der Waals surface area contributed by atoms with Crippen molar-refractivity contribution in [2.45, 2.75) is 66.7 Å². The third-order valence-electron chi connectivity index (χ3n) is 4.12. The third kappa shape index (κ3) is 8.64. The van der Waals surface area contributed by atoms with Crippen molar-refractivity contribution in [3.8, 4) is 0 Å². The van der Waals surface area contributed by atoms with Crippen molar-refractivity contribution in [2.24, 2.45) is 17.3 Å². The highest BCUT2D eigenvalue weighted by molar-refractivity contribution is 5.85. The Labute approximate surface area is 128 Å². The van der Waals surface area contributed by atoms with Crippen LogP contribution in [0.1, 0.15) is 66.7 Å². The highest BCUT2D eigenvalue weighted by atomic mass is 16.5. The summed E-state index contributed by atoms with van der Waals surface area (Å²) in [5.74, 6) is 0.0647. The number of hydrogen-bond donors (Lipinski definition) is 0. The number of Topliss-reactive ketones (excluding diaryl/α,β-unsaturated/α-hetero) is 2. The molecule has 0 aliphatic carbocycles. The summed E-state index contributed by atoms with van der Waals surface area (Å²) >= 11 is 0. The van der Waals surface area contributed by atoms with Crippen molar-refractivity contribution in [3.05, 3.63) is 0 Å². The predicted octanol–water partition coefficient (Wildman–Crippen LogP) is 3.57. The van der Waals surface area contributed by atoms with Gasteiger partial charge in [0.1, 0.15) is 11.6 Å². The zero-order chi connectivity index (χ0) is 16.6. The predicted molar refractivity (Wildman–Crippen MR) is 82.9 cm³/mol. The molecule has 0 rings (SSSR count). The van der Waals surface area contributed by atoms with Crippen molar-refractivity contribution in [2.75, 3.05) is 7.11 Å². The van der Waals surface area contributed by atoms with Gasteiger partial charge in [-0.2, -0.15) is 0 Å². The number of methoxy groups -OCH3 is 1. The first kappa shape index (κ1) is 19.8. The van der Waals surface area contributed by atoms with Crippen LogP contribution in [0.2, 0.25) is 0 Å². The monoisotopic (exact) mass is 298 g/mol. The molecule has 0 radical (unpaired) electrons. The molecule has 0 saturated heterocycles. The smallest absolute Gasteiger partial charge is 0.305 e. The van der Waals surface area contributed by atoms with Crippen LogP contribution in [0.5, 0.6) is 0 Å². The topological polar surface area (TPSA) is 60.4 Å². The van der Waals surface area contributed by atoms with Crippen LogP contribution >= 0.6 is 0 Å². The molecule has 0 aromatic carbocycles. The SMILES string of the molecule is COC(=O)CCC(CCC(CC(C)=O)C(C)=O)C(C)(C)C. The first-order chi connectivity index (χ1) is 9.57. The largest absolute Gasteiger partial charge is 0.469 e. The Morgan fingerprint density at radius 2 is 1.57 bits per heavy atom. The van der Waals surface area contributed by atoms with Gasteiger partial charge in [-0.3, -0.25) is 9.59 Å². The molecule has 21 heavy (non-hydrogen) atoms. The second kappa shape index (κ2) is 8.96. The number of carbonyl (C=O) groups excluding carboxylic acids is 3. The van der Waals surface area contributed by atoms with E-state index in [1.807, 2.05) is 0 Å². The Morgan fingerprint density at radius 3 is 1.95 bits per heavy atom. The maximum Gasteiger partial charge on any atom is 0.305 e. The molecule has 0 fully saturated rings. The summed E-state index contributed by atoms with van der Waals surface area (Å²) in [5, 5.41) is 0. The van der Waals surface area contributed by atoms with Crippen LogP contribution in [0.4, 0.5) is 0 Å². The molecule has 0 amide bonds. The maximum absolute atomic E-state index is 11.6. The molecule has 2 atom stereocenters. The second-order valence-electron chi connectivity index (χ2n) is 6.97. The van der Waals surface area contributed by atoms with E-state index < -0.39 is 0 Å². The van der Waals surface area contributed by atoms with E-state index in [0.717, 1.165) is 12.8 Å². The Kier molecular flexibility index (Phi) is 8.45. The number of hydrogen-bond acceptors (Lipinski definition) is 4. The first-order valence-corrected chi connectivity index (χ1v) is 7.64. The van der Waals surface area contributed by atoms with Crippen LogP contribution in [0.3, 0.4) is 0 Å². The molecule has 0 aromatic heterocycles. The first-order valence-electron chi connectivity index (χ1n) is 7.64. The van der Waals surface area contributed by atoms with E-state index in [1.54, 1.807) is 6.92 Å². The zero-order valence-corrected chi connectivity index (χ0v) is 14.3.